The number of carbonyl (C=O) groups excluding carboxylic acids is 1. The lowest BCUT2D eigenvalue weighted by molar-refractivity contribution is -0.275. The van der Waals surface area contributed by atoms with Gasteiger partial charge in [0.05, 0.1) is 5.56 Å². The monoisotopic (exact) mass is 471 g/mol. The maximum Gasteiger partial charge on any atom is 0.573 e. The Balaban J connectivity index is 1.66. The quantitative estimate of drug-likeness (QED) is 0.490. The van der Waals surface area contributed by atoms with Crippen LogP contribution in [0.3, 0.4) is 0 Å². The van der Waals surface area contributed by atoms with Crippen molar-refractivity contribution in [2.24, 2.45) is 0 Å². The number of hydrogen-bond acceptors (Lipinski definition) is 4. The van der Waals surface area contributed by atoms with Crippen molar-refractivity contribution >= 4 is 11.7 Å². The van der Waals surface area contributed by atoms with E-state index in [1.54, 1.807) is 0 Å². The zero-order valence-corrected chi connectivity index (χ0v) is 16.6. The summed E-state index contributed by atoms with van der Waals surface area (Å²) >= 11 is 0. The number of aromatic amines is 1. The summed E-state index contributed by atoms with van der Waals surface area (Å²) in [7, 11) is 0. The molecule has 1 aromatic heterocycles. The van der Waals surface area contributed by atoms with Crippen LogP contribution in [0.2, 0.25) is 0 Å². The number of alkyl halides is 6. The van der Waals surface area contributed by atoms with Gasteiger partial charge in [0.2, 0.25) is 5.91 Å². The molecule has 6 nitrogen and oxygen atoms in total. The summed E-state index contributed by atoms with van der Waals surface area (Å²) in [4.78, 5) is 12.0. The first-order valence-electron chi connectivity index (χ1n) is 9.52. The van der Waals surface area contributed by atoms with Crippen molar-refractivity contribution in [3.8, 4) is 11.5 Å². The molecule has 0 saturated heterocycles. The number of carbonyl (C=O) groups is 1. The highest BCUT2D eigenvalue weighted by Gasteiger charge is 2.35. The van der Waals surface area contributed by atoms with Crippen LogP contribution in [-0.2, 0) is 17.6 Å². The molecule has 2 N–H and O–H groups in total. The van der Waals surface area contributed by atoms with Gasteiger partial charge in [-0.3, -0.25) is 9.89 Å². The molecule has 1 aliphatic rings. The molecule has 4 rings (SSSR count). The van der Waals surface area contributed by atoms with Crippen molar-refractivity contribution in [3.63, 3.8) is 0 Å². The topological polar surface area (TPSA) is 76.2 Å². The first kappa shape index (κ1) is 22.5. The van der Waals surface area contributed by atoms with Gasteiger partial charge in [0, 0.05) is 29.7 Å². The SMILES string of the molecule is O=C1CC(c2ccc(COc3ccccc3C(F)(F)F)c(OC(F)(F)F)c2)c2c[nH]nc2N1. The van der Waals surface area contributed by atoms with Crippen molar-refractivity contribution in [1.29, 1.82) is 0 Å². The number of benzene rings is 2. The van der Waals surface area contributed by atoms with Crippen LogP contribution in [0.1, 0.15) is 34.6 Å². The number of amides is 1. The first-order valence-corrected chi connectivity index (χ1v) is 9.52. The number of hydrogen-bond donors (Lipinski definition) is 2. The highest BCUT2D eigenvalue weighted by molar-refractivity contribution is 5.94. The molecular weight excluding hydrogens is 456 g/mol. The number of anilines is 1. The Morgan fingerprint density at radius 1 is 1.03 bits per heavy atom. The normalized spacial score (nSPS) is 16.2. The Labute approximate surface area is 182 Å². The van der Waals surface area contributed by atoms with Gasteiger partial charge >= 0.3 is 12.5 Å². The van der Waals surface area contributed by atoms with Crippen LogP contribution in [0.25, 0.3) is 0 Å². The summed E-state index contributed by atoms with van der Waals surface area (Å²) in [5.74, 6) is -1.86. The third-order valence-corrected chi connectivity index (χ3v) is 4.99. The van der Waals surface area contributed by atoms with Gasteiger partial charge in [-0.05, 0) is 23.8 Å². The van der Waals surface area contributed by atoms with Crippen molar-refractivity contribution in [2.75, 3.05) is 5.32 Å². The second-order valence-corrected chi connectivity index (χ2v) is 7.19. The van der Waals surface area contributed by atoms with E-state index in [9.17, 15) is 31.1 Å². The second kappa shape index (κ2) is 8.34. The number of ether oxygens (including phenoxy) is 2. The van der Waals surface area contributed by atoms with Gasteiger partial charge in [-0.25, -0.2) is 0 Å². The van der Waals surface area contributed by atoms with E-state index in [0.29, 0.717) is 11.1 Å². The zero-order chi connectivity index (χ0) is 23.8. The first-order chi connectivity index (χ1) is 15.5. The molecule has 0 aliphatic carbocycles. The van der Waals surface area contributed by atoms with E-state index in [-0.39, 0.29) is 23.7 Å². The molecule has 0 radical (unpaired) electrons. The molecule has 2 aromatic carbocycles. The highest BCUT2D eigenvalue weighted by Crippen LogP contribution is 2.40. The molecule has 2 heterocycles. The predicted molar refractivity (Wildman–Crippen MR) is 103 cm³/mol. The number of halogens is 6. The van der Waals surface area contributed by atoms with E-state index < -0.39 is 42.1 Å². The van der Waals surface area contributed by atoms with Crippen molar-refractivity contribution < 1.29 is 40.6 Å². The van der Waals surface area contributed by atoms with Crippen LogP contribution in [0.4, 0.5) is 32.2 Å². The summed E-state index contributed by atoms with van der Waals surface area (Å²) in [5, 5.41) is 9.04. The molecule has 1 atom stereocenters. The minimum absolute atomic E-state index is 0.0349. The number of aromatic nitrogens is 2. The molecule has 1 aliphatic heterocycles. The Kier molecular flexibility index (Phi) is 5.68. The van der Waals surface area contributed by atoms with Gasteiger partial charge < -0.3 is 14.8 Å². The molecule has 0 fully saturated rings. The van der Waals surface area contributed by atoms with Crippen LogP contribution >= 0.6 is 0 Å². The minimum Gasteiger partial charge on any atom is -0.488 e. The van der Waals surface area contributed by atoms with Gasteiger partial charge in [-0.1, -0.05) is 24.3 Å². The summed E-state index contributed by atoms with van der Waals surface area (Å²) in [6.45, 7) is -0.610. The average molecular weight is 471 g/mol. The molecule has 1 amide bonds. The van der Waals surface area contributed by atoms with E-state index in [4.69, 9.17) is 4.74 Å². The molecule has 1 unspecified atom stereocenters. The number of nitrogens with one attached hydrogen (secondary N) is 2. The van der Waals surface area contributed by atoms with Crippen LogP contribution in [0.15, 0.2) is 48.7 Å². The minimum atomic E-state index is -5.05. The zero-order valence-electron chi connectivity index (χ0n) is 16.6. The summed E-state index contributed by atoms with van der Waals surface area (Å²) in [5.41, 5.74) is -0.261. The second-order valence-electron chi connectivity index (χ2n) is 7.19. The lowest BCUT2D eigenvalue weighted by Gasteiger charge is -2.23. The van der Waals surface area contributed by atoms with Crippen LogP contribution in [0, 0.1) is 0 Å². The van der Waals surface area contributed by atoms with Crippen molar-refractivity contribution in [1.82, 2.24) is 10.2 Å². The largest absolute Gasteiger partial charge is 0.573 e. The highest BCUT2D eigenvalue weighted by atomic mass is 19.4. The van der Waals surface area contributed by atoms with Crippen LogP contribution in [-0.4, -0.2) is 22.5 Å². The predicted octanol–water partition coefficient (Wildman–Crippen LogP) is 5.38. The number of rotatable bonds is 5. The Hall–Kier alpha value is -3.70. The van der Waals surface area contributed by atoms with Gasteiger partial charge in [0.25, 0.3) is 0 Å². The fourth-order valence-electron chi connectivity index (χ4n) is 3.55. The molecule has 33 heavy (non-hydrogen) atoms. The lowest BCUT2D eigenvalue weighted by atomic mass is 9.87. The molecule has 174 valence electrons. The molecule has 0 spiro atoms. The van der Waals surface area contributed by atoms with E-state index in [0.717, 1.165) is 18.2 Å². The summed E-state index contributed by atoms with van der Waals surface area (Å²) < 4.78 is 87.9. The standard InChI is InChI=1S/C21H15F6N3O3/c22-20(23,24)15-3-1-2-4-16(15)32-10-12-6-5-11(7-17(12)33-21(25,26)27)13-8-18(31)29-19-14(13)9-28-30-19/h1-7,9,13H,8,10H2,(H2,28,29,30,31). The average Bonchev–Trinajstić information content (AvgIpc) is 3.19. The number of para-hydroxylation sites is 1. The van der Waals surface area contributed by atoms with E-state index in [1.165, 1.54) is 30.5 Å². The van der Waals surface area contributed by atoms with Crippen LogP contribution in [0.5, 0.6) is 11.5 Å². The van der Waals surface area contributed by atoms with Gasteiger partial charge in [0.1, 0.15) is 18.1 Å². The molecule has 3 aromatic rings. The van der Waals surface area contributed by atoms with Crippen molar-refractivity contribution in [3.05, 3.63) is 70.9 Å². The molecule has 0 bridgehead atoms. The maximum absolute atomic E-state index is 13.2. The fourth-order valence-corrected chi connectivity index (χ4v) is 3.55. The summed E-state index contributed by atoms with van der Waals surface area (Å²) in [6, 6.07) is 8.20. The van der Waals surface area contributed by atoms with Gasteiger partial charge in [-0.2, -0.15) is 18.3 Å². The van der Waals surface area contributed by atoms with Crippen molar-refractivity contribution in [2.45, 2.75) is 31.5 Å². The summed E-state index contributed by atoms with van der Waals surface area (Å²) in [6.07, 6.45) is -8.26. The van der Waals surface area contributed by atoms with E-state index >= 15 is 0 Å². The number of nitrogens with zero attached hydrogens (tertiary/aromatic N) is 1. The van der Waals surface area contributed by atoms with Gasteiger partial charge in [-0.15, -0.1) is 13.2 Å². The Morgan fingerprint density at radius 3 is 2.52 bits per heavy atom. The van der Waals surface area contributed by atoms with E-state index in [1.807, 2.05) is 0 Å². The Morgan fingerprint density at radius 2 is 1.79 bits per heavy atom. The number of fused-ring (bicyclic) bond motifs is 1. The molecule has 12 heteroatoms. The Bertz CT molecular complexity index is 1170. The van der Waals surface area contributed by atoms with E-state index in [2.05, 4.69) is 20.3 Å². The molecular formula is C21H15F6N3O3. The van der Waals surface area contributed by atoms with Gasteiger partial charge in [0.15, 0.2) is 5.82 Å². The smallest absolute Gasteiger partial charge is 0.488 e. The molecule has 0 saturated carbocycles. The lowest BCUT2D eigenvalue weighted by Crippen LogP contribution is -2.23. The number of H-pyrrole nitrogens is 1. The third-order valence-electron chi connectivity index (χ3n) is 4.99. The van der Waals surface area contributed by atoms with Crippen LogP contribution < -0.4 is 14.8 Å². The fraction of sp³-hybridized carbons (Fsp3) is 0.238. The maximum atomic E-state index is 13.2. The third kappa shape index (κ3) is 5.04.